The zero-order chi connectivity index (χ0) is 15.5. The lowest BCUT2D eigenvalue weighted by atomic mass is 10.0. The molecule has 1 saturated carbocycles. The summed E-state index contributed by atoms with van der Waals surface area (Å²) < 4.78 is 28.4. The van der Waals surface area contributed by atoms with Crippen molar-refractivity contribution >= 4 is 21.4 Å². The highest BCUT2D eigenvalue weighted by Crippen LogP contribution is 2.28. The number of nitrogens with one attached hydrogen (secondary N) is 2. The van der Waals surface area contributed by atoms with Gasteiger partial charge in [-0.15, -0.1) is 11.3 Å². The first-order valence-electron chi connectivity index (χ1n) is 7.68. The molecule has 4 nitrogen and oxygen atoms in total. The normalized spacial score (nSPS) is 24.0. The first-order chi connectivity index (χ1) is 9.92. The molecule has 0 bridgehead atoms. The lowest BCUT2D eigenvalue weighted by Crippen LogP contribution is -2.34. The highest BCUT2D eigenvalue weighted by Gasteiger charge is 2.24. The van der Waals surface area contributed by atoms with Crippen LogP contribution in [0.4, 0.5) is 0 Å². The van der Waals surface area contributed by atoms with Crippen LogP contribution in [0.1, 0.15) is 49.5 Å². The van der Waals surface area contributed by atoms with E-state index in [1.807, 2.05) is 14.0 Å². The minimum absolute atomic E-state index is 0.0927. The van der Waals surface area contributed by atoms with Gasteiger partial charge in [-0.1, -0.05) is 19.8 Å². The van der Waals surface area contributed by atoms with Crippen LogP contribution in [0.25, 0.3) is 0 Å². The molecule has 21 heavy (non-hydrogen) atoms. The van der Waals surface area contributed by atoms with Crippen LogP contribution in [-0.4, -0.2) is 21.5 Å². The van der Waals surface area contributed by atoms with Gasteiger partial charge in [-0.2, -0.15) is 0 Å². The second kappa shape index (κ2) is 7.22. The monoisotopic (exact) mass is 330 g/mol. The second-order valence-corrected chi connectivity index (χ2v) is 9.21. The van der Waals surface area contributed by atoms with Crippen LogP contribution in [0.2, 0.25) is 0 Å². The Morgan fingerprint density at radius 1 is 1.29 bits per heavy atom. The van der Waals surface area contributed by atoms with Crippen molar-refractivity contribution in [3.63, 3.8) is 0 Å². The van der Waals surface area contributed by atoms with Gasteiger partial charge < -0.3 is 5.32 Å². The number of aryl methyl sites for hydroxylation is 1. The predicted octanol–water partition coefficient (Wildman–Crippen LogP) is 3.02. The van der Waals surface area contributed by atoms with E-state index in [-0.39, 0.29) is 6.04 Å². The van der Waals surface area contributed by atoms with Gasteiger partial charge >= 0.3 is 0 Å². The molecule has 1 aliphatic rings. The van der Waals surface area contributed by atoms with Crippen molar-refractivity contribution < 1.29 is 8.42 Å². The van der Waals surface area contributed by atoms with Gasteiger partial charge in [0, 0.05) is 17.5 Å². The molecule has 2 N–H and O–H groups in total. The molecule has 0 aromatic carbocycles. The summed E-state index contributed by atoms with van der Waals surface area (Å²) in [5.74, 6) is 0.714. The summed E-state index contributed by atoms with van der Waals surface area (Å²) in [6.07, 6.45) is 5.35. The van der Waals surface area contributed by atoms with Crippen molar-refractivity contribution in [1.82, 2.24) is 10.0 Å². The molecule has 0 saturated heterocycles. The SMILES string of the molecule is CNCc1sc(S(=O)(=O)NC2CCCC(C)CC2)cc1C. The van der Waals surface area contributed by atoms with Crippen LogP contribution in [0, 0.1) is 12.8 Å². The summed E-state index contributed by atoms with van der Waals surface area (Å²) in [7, 11) is -1.50. The molecule has 1 aromatic rings. The Morgan fingerprint density at radius 3 is 2.76 bits per heavy atom. The summed E-state index contributed by atoms with van der Waals surface area (Å²) >= 11 is 1.37. The summed E-state index contributed by atoms with van der Waals surface area (Å²) in [5, 5.41) is 3.08. The molecule has 0 aliphatic heterocycles. The van der Waals surface area contributed by atoms with Gasteiger partial charge in [0.15, 0.2) is 0 Å². The smallest absolute Gasteiger partial charge is 0.250 e. The van der Waals surface area contributed by atoms with Crippen molar-refractivity contribution in [2.75, 3.05) is 7.05 Å². The molecule has 120 valence electrons. The lowest BCUT2D eigenvalue weighted by Gasteiger charge is -2.15. The van der Waals surface area contributed by atoms with Crippen molar-refractivity contribution in [1.29, 1.82) is 0 Å². The zero-order valence-corrected chi connectivity index (χ0v) is 14.7. The van der Waals surface area contributed by atoms with Crippen LogP contribution in [0.15, 0.2) is 10.3 Å². The van der Waals surface area contributed by atoms with E-state index in [1.165, 1.54) is 17.8 Å². The predicted molar refractivity (Wildman–Crippen MR) is 88.2 cm³/mol. The maximum atomic E-state index is 12.5. The molecule has 1 aromatic heterocycles. The van der Waals surface area contributed by atoms with E-state index in [0.29, 0.717) is 16.7 Å². The summed E-state index contributed by atoms with van der Waals surface area (Å²) in [5.41, 5.74) is 1.05. The minimum atomic E-state index is -3.37. The van der Waals surface area contributed by atoms with Gasteiger partial charge in [-0.05, 0) is 50.8 Å². The van der Waals surface area contributed by atoms with Crippen molar-refractivity contribution in [3.05, 3.63) is 16.5 Å². The van der Waals surface area contributed by atoms with Crippen molar-refractivity contribution in [2.45, 2.75) is 62.7 Å². The highest BCUT2D eigenvalue weighted by molar-refractivity contribution is 7.91. The van der Waals surface area contributed by atoms with Crippen molar-refractivity contribution in [3.8, 4) is 0 Å². The van der Waals surface area contributed by atoms with Crippen LogP contribution in [0.3, 0.4) is 0 Å². The third kappa shape index (κ3) is 4.52. The summed E-state index contributed by atoms with van der Waals surface area (Å²) in [4.78, 5) is 1.09. The first-order valence-corrected chi connectivity index (χ1v) is 9.98. The van der Waals surface area contributed by atoms with Gasteiger partial charge in [0.25, 0.3) is 0 Å². The molecule has 2 atom stereocenters. The molecular weight excluding hydrogens is 304 g/mol. The Morgan fingerprint density at radius 2 is 2.05 bits per heavy atom. The highest BCUT2D eigenvalue weighted by atomic mass is 32.2. The molecule has 6 heteroatoms. The summed E-state index contributed by atoms with van der Waals surface area (Å²) in [6.45, 7) is 4.94. The fourth-order valence-corrected chi connectivity index (χ4v) is 5.76. The fraction of sp³-hybridized carbons (Fsp3) is 0.733. The van der Waals surface area contributed by atoms with Crippen molar-refractivity contribution in [2.24, 2.45) is 5.92 Å². The second-order valence-electron chi connectivity index (χ2n) is 6.13. The van der Waals surface area contributed by atoms with E-state index in [0.717, 1.165) is 36.1 Å². The molecule has 0 spiro atoms. The minimum Gasteiger partial charge on any atom is -0.315 e. The number of sulfonamides is 1. The van der Waals surface area contributed by atoms with Crippen LogP contribution in [-0.2, 0) is 16.6 Å². The van der Waals surface area contributed by atoms with E-state index in [2.05, 4.69) is 17.0 Å². The Hall–Kier alpha value is -0.430. The lowest BCUT2D eigenvalue weighted by molar-refractivity contribution is 0.485. The topological polar surface area (TPSA) is 58.2 Å². The van der Waals surface area contributed by atoms with Gasteiger partial charge in [0.2, 0.25) is 10.0 Å². The fourth-order valence-electron chi connectivity index (χ4n) is 2.84. The largest absolute Gasteiger partial charge is 0.315 e. The zero-order valence-electron chi connectivity index (χ0n) is 13.1. The maximum Gasteiger partial charge on any atom is 0.250 e. The number of hydrogen-bond donors (Lipinski definition) is 2. The van der Waals surface area contributed by atoms with Crippen LogP contribution >= 0.6 is 11.3 Å². The van der Waals surface area contributed by atoms with E-state index in [9.17, 15) is 8.42 Å². The Balaban J connectivity index is 2.09. The van der Waals surface area contributed by atoms with Gasteiger partial charge in [0.05, 0.1) is 0 Å². The van der Waals surface area contributed by atoms with Crippen LogP contribution in [0.5, 0.6) is 0 Å². The molecule has 0 amide bonds. The van der Waals surface area contributed by atoms with E-state index >= 15 is 0 Å². The number of thiophene rings is 1. The van der Waals surface area contributed by atoms with E-state index < -0.39 is 10.0 Å². The average molecular weight is 331 g/mol. The number of hydrogen-bond acceptors (Lipinski definition) is 4. The van der Waals surface area contributed by atoms with Crippen LogP contribution < -0.4 is 10.0 Å². The third-order valence-corrected chi connectivity index (χ3v) is 7.41. The van der Waals surface area contributed by atoms with E-state index in [1.54, 1.807) is 6.07 Å². The molecule has 2 rings (SSSR count). The quantitative estimate of drug-likeness (QED) is 0.816. The molecule has 1 fully saturated rings. The molecule has 1 aliphatic carbocycles. The first kappa shape index (κ1) is 16.9. The molecule has 0 radical (unpaired) electrons. The Bertz CT molecular complexity index is 566. The van der Waals surface area contributed by atoms with Gasteiger partial charge in [-0.25, -0.2) is 13.1 Å². The third-order valence-electron chi connectivity index (χ3n) is 4.18. The van der Waals surface area contributed by atoms with Gasteiger partial charge in [-0.3, -0.25) is 0 Å². The molecule has 2 unspecified atom stereocenters. The Kier molecular flexibility index (Phi) is 5.82. The maximum absolute atomic E-state index is 12.5. The molecular formula is C15H26N2O2S2. The standard InChI is InChI=1S/C15H26N2O2S2/c1-11-5-4-6-13(8-7-11)17-21(18,19)15-9-12(2)14(20-15)10-16-3/h9,11,13,16-17H,4-8,10H2,1-3H3. The van der Waals surface area contributed by atoms with Gasteiger partial charge in [0.1, 0.15) is 4.21 Å². The Labute approximate surface area is 132 Å². The summed E-state index contributed by atoms with van der Waals surface area (Å²) in [6, 6.07) is 1.88. The van der Waals surface area contributed by atoms with E-state index in [4.69, 9.17) is 0 Å². The average Bonchev–Trinajstić information content (AvgIpc) is 2.66. The number of rotatable bonds is 5. The molecule has 1 heterocycles.